The summed E-state index contributed by atoms with van der Waals surface area (Å²) >= 11 is 7.98. The van der Waals surface area contributed by atoms with E-state index in [-0.39, 0.29) is 0 Å². The number of thioether (sulfide) groups is 1. The van der Waals surface area contributed by atoms with Crippen molar-refractivity contribution in [2.75, 3.05) is 11.9 Å². The lowest BCUT2D eigenvalue weighted by atomic mass is 10.2. The average Bonchev–Trinajstić information content (AvgIpc) is 3.06. The second-order valence-corrected chi connectivity index (χ2v) is 6.36. The molecule has 90 valence electrons. The predicted molar refractivity (Wildman–Crippen MR) is 76.2 cm³/mol. The van der Waals surface area contributed by atoms with Gasteiger partial charge in [-0.05, 0) is 43.4 Å². The molecule has 0 saturated heterocycles. The highest BCUT2D eigenvalue weighted by molar-refractivity contribution is 8.15. The standard InChI is InChI=1S/C13H15ClN2S/c1-8-2-5-10(6-11(8)14)16-13-15-7-12(17-13)9-3-4-9/h2,5-6,9,12H,3-4,7H2,1H3,(H,15,16). The molecule has 1 unspecified atom stereocenters. The summed E-state index contributed by atoms with van der Waals surface area (Å²) in [6, 6.07) is 6.04. The smallest absolute Gasteiger partial charge is 0.161 e. The van der Waals surface area contributed by atoms with Crippen LogP contribution < -0.4 is 5.32 Å². The fraction of sp³-hybridized carbons (Fsp3) is 0.462. The minimum atomic E-state index is 0.707. The van der Waals surface area contributed by atoms with Crippen LogP contribution in [-0.2, 0) is 0 Å². The SMILES string of the molecule is Cc1ccc(NC2=NCC(C3CC3)S2)cc1Cl. The summed E-state index contributed by atoms with van der Waals surface area (Å²) in [5.74, 6) is 0.907. The molecule has 17 heavy (non-hydrogen) atoms. The van der Waals surface area contributed by atoms with Crippen LogP contribution in [0.25, 0.3) is 0 Å². The van der Waals surface area contributed by atoms with Crippen molar-refractivity contribution < 1.29 is 0 Å². The molecule has 1 aliphatic carbocycles. The first-order valence-electron chi connectivity index (χ1n) is 5.96. The molecule has 1 aliphatic heterocycles. The average molecular weight is 267 g/mol. The molecular weight excluding hydrogens is 252 g/mol. The second kappa shape index (κ2) is 4.54. The van der Waals surface area contributed by atoms with E-state index in [2.05, 4.69) is 16.4 Å². The number of hydrogen-bond donors (Lipinski definition) is 1. The van der Waals surface area contributed by atoms with E-state index in [0.717, 1.165) is 33.9 Å². The Kier molecular flexibility index (Phi) is 3.05. The molecule has 1 saturated carbocycles. The first-order chi connectivity index (χ1) is 8.22. The van der Waals surface area contributed by atoms with Gasteiger partial charge in [-0.3, -0.25) is 4.99 Å². The van der Waals surface area contributed by atoms with Crippen LogP contribution in [0.1, 0.15) is 18.4 Å². The van der Waals surface area contributed by atoms with Gasteiger partial charge < -0.3 is 5.32 Å². The van der Waals surface area contributed by atoms with Crippen molar-refractivity contribution in [3.05, 3.63) is 28.8 Å². The van der Waals surface area contributed by atoms with Gasteiger partial charge in [0.2, 0.25) is 0 Å². The lowest BCUT2D eigenvalue weighted by Crippen LogP contribution is -2.08. The van der Waals surface area contributed by atoms with E-state index in [1.54, 1.807) is 0 Å². The molecule has 1 aromatic rings. The summed E-state index contributed by atoms with van der Waals surface area (Å²) in [5.41, 5.74) is 2.14. The van der Waals surface area contributed by atoms with Gasteiger partial charge >= 0.3 is 0 Å². The van der Waals surface area contributed by atoms with Gasteiger partial charge in [-0.1, -0.05) is 29.4 Å². The Bertz CT molecular complexity index is 468. The number of anilines is 1. The predicted octanol–water partition coefficient (Wildman–Crippen LogP) is 3.94. The van der Waals surface area contributed by atoms with Crippen LogP contribution in [0.5, 0.6) is 0 Å². The van der Waals surface area contributed by atoms with Gasteiger partial charge in [0.05, 0.1) is 6.54 Å². The zero-order valence-corrected chi connectivity index (χ0v) is 11.3. The molecule has 1 fully saturated rings. The van der Waals surface area contributed by atoms with Gasteiger partial charge in [0.1, 0.15) is 0 Å². The Morgan fingerprint density at radius 3 is 2.94 bits per heavy atom. The summed E-state index contributed by atoms with van der Waals surface area (Å²) in [5, 5.41) is 5.90. The molecule has 1 N–H and O–H groups in total. The van der Waals surface area contributed by atoms with E-state index in [0.29, 0.717) is 5.25 Å². The number of amidine groups is 1. The van der Waals surface area contributed by atoms with Gasteiger partial charge in [-0.25, -0.2) is 0 Å². The third kappa shape index (κ3) is 2.61. The van der Waals surface area contributed by atoms with Crippen LogP contribution in [0.2, 0.25) is 5.02 Å². The first kappa shape index (κ1) is 11.4. The molecular formula is C13H15ClN2S. The molecule has 0 radical (unpaired) electrons. The summed E-state index contributed by atoms with van der Waals surface area (Å²) in [7, 11) is 0. The van der Waals surface area contributed by atoms with Crippen molar-refractivity contribution in [2.24, 2.45) is 10.9 Å². The van der Waals surface area contributed by atoms with Gasteiger partial charge in [0, 0.05) is 16.0 Å². The fourth-order valence-electron chi connectivity index (χ4n) is 1.97. The van der Waals surface area contributed by atoms with E-state index in [9.17, 15) is 0 Å². The zero-order valence-electron chi connectivity index (χ0n) is 9.74. The maximum Gasteiger partial charge on any atom is 0.161 e. The molecule has 1 atom stereocenters. The van der Waals surface area contributed by atoms with Gasteiger partial charge in [0.15, 0.2) is 5.17 Å². The third-order valence-electron chi connectivity index (χ3n) is 3.25. The van der Waals surface area contributed by atoms with E-state index in [1.165, 1.54) is 12.8 Å². The molecule has 2 aliphatic rings. The topological polar surface area (TPSA) is 24.4 Å². The summed E-state index contributed by atoms with van der Waals surface area (Å²) in [6.07, 6.45) is 2.77. The monoisotopic (exact) mass is 266 g/mol. The number of aliphatic imine (C=N–C) groups is 1. The van der Waals surface area contributed by atoms with Crippen LogP contribution in [0.4, 0.5) is 5.69 Å². The van der Waals surface area contributed by atoms with Crippen molar-refractivity contribution in [3.8, 4) is 0 Å². The molecule has 0 bridgehead atoms. The van der Waals surface area contributed by atoms with Crippen LogP contribution in [0.15, 0.2) is 23.2 Å². The molecule has 0 spiro atoms. The number of halogens is 1. The first-order valence-corrected chi connectivity index (χ1v) is 7.22. The molecule has 3 rings (SSSR count). The Labute approximate surface area is 111 Å². The Balaban J connectivity index is 1.64. The third-order valence-corrected chi connectivity index (χ3v) is 4.95. The van der Waals surface area contributed by atoms with Crippen LogP contribution >= 0.6 is 23.4 Å². The molecule has 1 heterocycles. The van der Waals surface area contributed by atoms with Gasteiger partial charge in [-0.15, -0.1) is 0 Å². The Hall–Kier alpha value is -0.670. The normalized spacial score (nSPS) is 23.6. The quantitative estimate of drug-likeness (QED) is 0.877. The Morgan fingerprint density at radius 2 is 2.24 bits per heavy atom. The van der Waals surface area contributed by atoms with E-state index in [4.69, 9.17) is 11.6 Å². The zero-order chi connectivity index (χ0) is 11.8. The highest BCUT2D eigenvalue weighted by Crippen LogP contribution is 2.42. The van der Waals surface area contributed by atoms with Crippen molar-refractivity contribution >= 4 is 34.2 Å². The number of hydrogen-bond acceptors (Lipinski definition) is 3. The van der Waals surface area contributed by atoms with E-state index < -0.39 is 0 Å². The highest BCUT2D eigenvalue weighted by Gasteiger charge is 2.35. The van der Waals surface area contributed by atoms with Crippen molar-refractivity contribution in [1.29, 1.82) is 0 Å². The molecule has 1 aromatic carbocycles. The van der Waals surface area contributed by atoms with Crippen LogP contribution in [0.3, 0.4) is 0 Å². The number of aryl methyl sites for hydroxylation is 1. The van der Waals surface area contributed by atoms with Crippen LogP contribution in [-0.4, -0.2) is 17.0 Å². The fourth-order valence-corrected chi connectivity index (χ4v) is 3.37. The lowest BCUT2D eigenvalue weighted by Gasteiger charge is -2.08. The summed E-state index contributed by atoms with van der Waals surface area (Å²) < 4.78 is 0. The van der Waals surface area contributed by atoms with E-state index in [1.807, 2.05) is 30.8 Å². The minimum absolute atomic E-state index is 0.707. The maximum absolute atomic E-state index is 6.10. The van der Waals surface area contributed by atoms with Gasteiger partial charge in [0.25, 0.3) is 0 Å². The number of benzene rings is 1. The van der Waals surface area contributed by atoms with Crippen LogP contribution in [0, 0.1) is 12.8 Å². The number of rotatable bonds is 2. The number of nitrogens with zero attached hydrogens (tertiary/aromatic N) is 1. The number of nitrogens with one attached hydrogen (secondary N) is 1. The molecule has 0 amide bonds. The van der Waals surface area contributed by atoms with E-state index >= 15 is 0 Å². The summed E-state index contributed by atoms with van der Waals surface area (Å²) in [4.78, 5) is 4.55. The second-order valence-electron chi connectivity index (χ2n) is 4.73. The largest absolute Gasteiger partial charge is 0.335 e. The van der Waals surface area contributed by atoms with Crippen molar-refractivity contribution in [1.82, 2.24) is 0 Å². The van der Waals surface area contributed by atoms with Crippen molar-refractivity contribution in [3.63, 3.8) is 0 Å². The minimum Gasteiger partial charge on any atom is -0.335 e. The maximum atomic E-state index is 6.10. The van der Waals surface area contributed by atoms with Gasteiger partial charge in [-0.2, -0.15) is 0 Å². The molecule has 4 heteroatoms. The molecule has 2 nitrogen and oxygen atoms in total. The summed E-state index contributed by atoms with van der Waals surface area (Å²) in [6.45, 7) is 2.98. The lowest BCUT2D eigenvalue weighted by molar-refractivity contribution is 0.773. The van der Waals surface area contributed by atoms with Crippen molar-refractivity contribution in [2.45, 2.75) is 25.0 Å². The molecule has 0 aromatic heterocycles. The Morgan fingerprint density at radius 1 is 1.41 bits per heavy atom. The highest BCUT2D eigenvalue weighted by atomic mass is 35.5.